The largest absolute Gasteiger partial charge is 0.507 e. The van der Waals surface area contributed by atoms with Gasteiger partial charge in [-0.3, -0.25) is 9.59 Å². The lowest BCUT2D eigenvalue weighted by Gasteiger charge is -2.30. The van der Waals surface area contributed by atoms with Crippen LogP contribution in [0.2, 0.25) is 0 Å². The molecule has 3 N–H and O–H groups in total. The van der Waals surface area contributed by atoms with Gasteiger partial charge in [0.05, 0.1) is 5.56 Å². The molecule has 2 amide bonds. The summed E-state index contributed by atoms with van der Waals surface area (Å²) in [7, 11) is 0. The maximum atomic E-state index is 13.2. The van der Waals surface area contributed by atoms with E-state index in [0.29, 0.717) is 5.56 Å². The second kappa shape index (κ2) is 7.84. The number of rotatable bonds is 6. The molecule has 0 fully saturated rings. The number of amides is 2. The maximum absolute atomic E-state index is 13.2. The van der Waals surface area contributed by atoms with Crippen LogP contribution in [0.4, 0.5) is 0 Å². The molecule has 0 saturated heterocycles. The molecule has 5 nitrogen and oxygen atoms in total. The van der Waals surface area contributed by atoms with Crippen molar-refractivity contribution in [1.82, 2.24) is 4.90 Å². The predicted molar refractivity (Wildman–Crippen MR) is 101 cm³/mol. The fraction of sp³-hybridized carbons (Fsp3) is 0.100. The van der Waals surface area contributed by atoms with Crippen molar-refractivity contribution in [1.29, 1.82) is 0 Å². The molecule has 0 aliphatic rings. The van der Waals surface area contributed by atoms with Gasteiger partial charge in [-0.15, -0.1) is 0 Å². The molecule has 0 aliphatic carbocycles. The summed E-state index contributed by atoms with van der Waals surface area (Å²) in [6.45, 7) is 0.208. The highest BCUT2D eigenvalue weighted by Gasteiger charge is 2.31. The predicted octanol–water partition coefficient (Wildman–Crippen LogP) is 3.32. The summed E-state index contributed by atoms with van der Waals surface area (Å²) in [5.41, 5.74) is 7.30. The highest BCUT2D eigenvalue weighted by molar-refractivity contribution is 7.07. The first-order valence-electron chi connectivity index (χ1n) is 8.02. The van der Waals surface area contributed by atoms with Gasteiger partial charge in [0.2, 0.25) is 5.91 Å². The molecule has 3 aromatic rings. The van der Waals surface area contributed by atoms with E-state index in [-0.39, 0.29) is 17.9 Å². The van der Waals surface area contributed by atoms with Crippen LogP contribution in [0.1, 0.15) is 27.5 Å². The van der Waals surface area contributed by atoms with Gasteiger partial charge in [-0.25, -0.2) is 0 Å². The average Bonchev–Trinajstić information content (AvgIpc) is 3.15. The Balaban J connectivity index is 2.06. The van der Waals surface area contributed by atoms with Crippen molar-refractivity contribution in [2.75, 3.05) is 0 Å². The van der Waals surface area contributed by atoms with Gasteiger partial charge >= 0.3 is 0 Å². The lowest BCUT2D eigenvalue weighted by atomic mass is 10.0. The summed E-state index contributed by atoms with van der Waals surface area (Å²) in [5.74, 6) is -1.22. The monoisotopic (exact) mass is 366 g/mol. The Morgan fingerprint density at radius 2 is 1.73 bits per heavy atom. The summed E-state index contributed by atoms with van der Waals surface area (Å²) in [6, 6.07) is 16.1. The van der Waals surface area contributed by atoms with Gasteiger partial charge in [0.25, 0.3) is 5.91 Å². The number of carbonyl (C=O) groups is 2. The first kappa shape index (κ1) is 17.7. The molecule has 0 spiro atoms. The second-order valence-corrected chi connectivity index (χ2v) is 6.58. The van der Waals surface area contributed by atoms with Crippen molar-refractivity contribution < 1.29 is 14.7 Å². The third-order valence-corrected chi connectivity index (χ3v) is 4.76. The lowest BCUT2D eigenvalue weighted by Crippen LogP contribution is -2.41. The number of thiophene rings is 1. The smallest absolute Gasteiger partial charge is 0.258 e. The molecule has 2 aromatic carbocycles. The molecule has 0 saturated carbocycles. The first-order valence-corrected chi connectivity index (χ1v) is 8.96. The fourth-order valence-electron chi connectivity index (χ4n) is 2.80. The van der Waals surface area contributed by atoms with E-state index in [1.807, 2.05) is 22.9 Å². The van der Waals surface area contributed by atoms with Crippen molar-refractivity contribution in [2.24, 2.45) is 5.73 Å². The van der Waals surface area contributed by atoms with Gasteiger partial charge in [0, 0.05) is 6.54 Å². The van der Waals surface area contributed by atoms with Gasteiger partial charge in [-0.2, -0.15) is 11.3 Å². The fourth-order valence-corrected chi connectivity index (χ4v) is 3.46. The number of aromatic hydroxyl groups is 1. The van der Waals surface area contributed by atoms with Crippen molar-refractivity contribution in [3.63, 3.8) is 0 Å². The molecule has 0 bridgehead atoms. The first-order chi connectivity index (χ1) is 12.6. The van der Waals surface area contributed by atoms with Crippen LogP contribution < -0.4 is 5.73 Å². The van der Waals surface area contributed by atoms with E-state index in [4.69, 9.17) is 5.73 Å². The zero-order chi connectivity index (χ0) is 18.5. The van der Waals surface area contributed by atoms with Crippen LogP contribution in [0.5, 0.6) is 5.75 Å². The van der Waals surface area contributed by atoms with E-state index in [2.05, 4.69) is 0 Å². The van der Waals surface area contributed by atoms with Crippen LogP contribution >= 0.6 is 11.3 Å². The van der Waals surface area contributed by atoms with E-state index in [9.17, 15) is 14.7 Å². The van der Waals surface area contributed by atoms with Gasteiger partial charge in [-0.05, 0) is 40.1 Å². The van der Waals surface area contributed by atoms with Crippen LogP contribution in [-0.4, -0.2) is 21.8 Å². The van der Waals surface area contributed by atoms with Crippen molar-refractivity contribution in [3.8, 4) is 5.75 Å². The van der Waals surface area contributed by atoms with Crippen LogP contribution in [0.25, 0.3) is 0 Å². The molecule has 1 aromatic heterocycles. The Kier molecular flexibility index (Phi) is 5.34. The number of phenols is 1. The number of phenolic OH excluding ortho intramolecular Hbond substituents is 1. The maximum Gasteiger partial charge on any atom is 0.258 e. The van der Waals surface area contributed by atoms with Gasteiger partial charge in [-0.1, -0.05) is 42.5 Å². The Hall–Kier alpha value is -3.12. The lowest BCUT2D eigenvalue weighted by molar-refractivity contribution is -0.122. The molecular formula is C20H18N2O3S. The molecular weight excluding hydrogens is 348 g/mol. The van der Waals surface area contributed by atoms with Crippen molar-refractivity contribution in [3.05, 3.63) is 88.1 Å². The van der Waals surface area contributed by atoms with Gasteiger partial charge in [0.1, 0.15) is 11.8 Å². The minimum Gasteiger partial charge on any atom is -0.507 e. The Morgan fingerprint density at radius 1 is 1.04 bits per heavy atom. The third kappa shape index (κ3) is 3.75. The molecule has 1 heterocycles. The SMILES string of the molecule is NC(=O)[C@@H](c1ccccc1)N(Cc1ccsc1)C(=O)c1ccccc1O. The van der Waals surface area contributed by atoms with Crippen molar-refractivity contribution in [2.45, 2.75) is 12.6 Å². The number of benzene rings is 2. The normalized spacial score (nSPS) is 11.7. The summed E-state index contributed by atoms with van der Waals surface area (Å²) in [6.07, 6.45) is 0. The number of para-hydroxylation sites is 1. The van der Waals surface area contributed by atoms with Crippen LogP contribution in [0.3, 0.4) is 0 Å². The topological polar surface area (TPSA) is 83.6 Å². The Bertz CT molecular complexity index is 894. The summed E-state index contributed by atoms with van der Waals surface area (Å²) in [5, 5.41) is 13.9. The highest BCUT2D eigenvalue weighted by Crippen LogP contribution is 2.28. The average molecular weight is 366 g/mol. The Labute approximate surface area is 155 Å². The van der Waals surface area contributed by atoms with Gasteiger partial charge < -0.3 is 15.7 Å². The number of hydrogen-bond acceptors (Lipinski definition) is 4. The number of nitrogens with two attached hydrogens (primary N) is 1. The summed E-state index contributed by atoms with van der Waals surface area (Å²) < 4.78 is 0. The van der Waals surface area contributed by atoms with Crippen LogP contribution in [0.15, 0.2) is 71.4 Å². The quantitative estimate of drug-likeness (QED) is 0.702. The van der Waals surface area contributed by atoms with Crippen molar-refractivity contribution >= 4 is 23.2 Å². The molecule has 0 aliphatic heterocycles. The number of primary amides is 1. The number of carbonyl (C=O) groups excluding carboxylic acids is 2. The third-order valence-electron chi connectivity index (χ3n) is 4.02. The Morgan fingerprint density at radius 3 is 2.35 bits per heavy atom. The van der Waals surface area contributed by atoms with Crippen LogP contribution in [-0.2, 0) is 11.3 Å². The molecule has 0 radical (unpaired) electrons. The zero-order valence-electron chi connectivity index (χ0n) is 13.9. The van der Waals surface area contributed by atoms with Gasteiger partial charge in [0.15, 0.2) is 0 Å². The highest BCUT2D eigenvalue weighted by atomic mass is 32.1. The zero-order valence-corrected chi connectivity index (χ0v) is 14.7. The standard InChI is InChI=1S/C20H18N2O3S/c21-19(24)18(15-6-2-1-3-7-15)22(12-14-10-11-26-13-14)20(25)16-8-4-5-9-17(16)23/h1-11,13,18,23H,12H2,(H2,21,24)/t18-/m1/s1. The molecule has 132 valence electrons. The van der Waals surface area contributed by atoms with E-state index >= 15 is 0 Å². The minimum atomic E-state index is -0.941. The molecule has 26 heavy (non-hydrogen) atoms. The van der Waals surface area contributed by atoms with E-state index in [1.165, 1.54) is 28.4 Å². The number of nitrogens with zero attached hydrogens (tertiary/aromatic N) is 1. The molecule has 3 rings (SSSR count). The second-order valence-electron chi connectivity index (χ2n) is 5.80. The number of hydrogen-bond donors (Lipinski definition) is 2. The van der Waals surface area contributed by atoms with E-state index in [1.54, 1.807) is 36.4 Å². The summed E-state index contributed by atoms with van der Waals surface area (Å²) >= 11 is 1.50. The molecule has 1 atom stereocenters. The molecule has 6 heteroatoms. The molecule has 0 unspecified atom stereocenters. The minimum absolute atomic E-state index is 0.130. The van der Waals surface area contributed by atoms with E-state index < -0.39 is 17.9 Å². The summed E-state index contributed by atoms with van der Waals surface area (Å²) in [4.78, 5) is 26.8. The van der Waals surface area contributed by atoms with Crippen LogP contribution in [0, 0.1) is 0 Å². The van der Waals surface area contributed by atoms with E-state index in [0.717, 1.165) is 5.56 Å².